The second kappa shape index (κ2) is 6.51. The van der Waals surface area contributed by atoms with Crippen LogP contribution in [0.5, 0.6) is 11.5 Å². The molecule has 118 valence electrons. The first kappa shape index (κ1) is 15.9. The third-order valence-electron chi connectivity index (χ3n) is 3.63. The number of hydrogen-bond acceptors (Lipinski definition) is 4. The van der Waals surface area contributed by atoms with E-state index in [0.717, 1.165) is 17.0 Å². The van der Waals surface area contributed by atoms with Crippen LogP contribution in [0.25, 0.3) is 0 Å². The first-order chi connectivity index (χ1) is 10.5. The normalized spacial score (nSPS) is 11.9. The summed E-state index contributed by atoms with van der Waals surface area (Å²) in [6.45, 7) is 5.66. The lowest BCUT2D eigenvalue weighted by Gasteiger charge is -2.14. The van der Waals surface area contributed by atoms with Gasteiger partial charge in [0.05, 0.1) is 25.8 Å². The molecule has 6 nitrogen and oxygen atoms in total. The van der Waals surface area contributed by atoms with Crippen LogP contribution in [0.2, 0.25) is 0 Å². The molecule has 0 saturated heterocycles. The van der Waals surface area contributed by atoms with Gasteiger partial charge < -0.3 is 14.8 Å². The van der Waals surface area contributed by atoms with Crippen LogP contribution in [0.15, 0.2) is 18.2 Å². The number of rotatable bonds is 5. The van der Waals surface area contributed by atoms with Crippen molar-refractivity contribution in [3.63, 3.8) is 0 Å². The van der Waals surface area contributed by atoms with Crippen molar-refractivity contribution in [1.29, 1.82) is 0 Å². The molecule has 1 unspecified atom stereocenters. The van der Waals surface area contributed by atoms with E-state index in [2.05, 4.69) is 15.5 Å². The number of carbonyl (C=O) groups is 1. The van der Waals surface area contributed by atoms with Gasteiger partial charge in [0.25, 0.3) is 0 Å². The molecule has 0 aliphatic carbocycles. The third kappa shape index (κ3) is 3.21. The molecule has 1 aromatic heterocycles. The molecule has 1 aromatic carbocycles. The molecule has 0 aliphatic heterocycles. The Balaban J connectivity index is 2.21. The maximum Gasteiger partial charge on any atom is 0.231 e. The lowest BCUT2D eigenvalue weighted by Crippen LogP contribution is -2.19. The van der Waals surface area contributed by atoms with Crippen LogP contribution >= 0.6 is 0 Å². The predicted octanol–water partition coefficient (Wildman–Crippen LogP) is 2.79. The first-order valence-corrected chi connectivity index (χ1v) is 7.01. The number of anilines is 1. The van der Waals surface area contributed by atoms with Crippen molar-refractivity contribution < 1.29 is 14.3 Å². The van der Waals surface area contributed by atoms with E-state index in [1.54, 1.807) is 32.4 Å². The van der Waals surface area contributed by atoms with Gasteiger partial charge in [-0.2, -0.15) is 5.10 Å². The number of methoxy groups -OCH3 is 2. The van der Waals surface area contributed by atoms with Crippen molar-refractivity contribution in [2.24, 2.45) is 0 Å². The fraction of sp³-hybridized carbons (Fsp3) is 0.375. The Morgan fingerprint density at radius 1 is 1.18 bits per heavy atom. The summed E-state index contributed by atoms with van der Waals surface area (Å²) >= 11 is 0. The maximum absolute atomic E-state index is 12.5. The zero-order valence-electron chi connectivity index (χ0n) is 13.5. The predicted molar refractivity (Wildman–Crippen MR) is 84.7 cm³/mol. The van der Waals surface area contributed by atoms with Crippen LogP contribution in [-0.2, 0) is 4.79 Å². The molecule has 0 fully saturated rings. The Morgan fingerprint density at radius 3 is 2.23 bits per heavy atom. The number of aryl methyl sites for hydroxylation is 2. The van der Waals surface area contributed by atoms with Gasteiger partial charge in [0.15, 0.2) is 0 Å². The zero-order chi connectivity index (χ0) is 16.3. The Labute approximate surface area is 129 Å². The minimum Gasteiger partial charge on any atom is -0.497 e. The first-order valence-electron chi connectivity index (χ1n) is 7.01. The quantitative estimate of drug-likeness (QED) is 0.890. The van der Waals surface area contributed by atoms with Gasteiger partial charge in [0.2, 0.25) is 5.91 Å². The van der Waals surface area contributed by atoms with E-state index in [9.17, 15) is 4.79 Å². The molecule has 1 amide bonds. The van der Waals surface area contributed by atoms with Gasteiger partial charge in [0.1, 0.15) is 11.5 Å². The highest BCUT2D eigenvalue weighted by Gasteiger charge is 2.21. The topological polar surface area (TPSA) is 76.2 Å². The summed E-state index contributed by atoms with van der Waals surface area (Å²) in [5.41, 5.74) is 3.30. The number of H-pyrrole nitrogens is 1. The molecule has 1 atom stereocenters. The van der Waals surface area contributed by atoms with Crippen LogP contribution in [-0.4, -0.2) is 30.3 Å². The fourth-order valence-corrected chi connectivity index (χ4v) is 2.46. The highest BCUT2D eigenvalue weighted by Crippen LogP contribution is 2.28. The lowest BCUT2D eigenvalue weighted by molar-refractivity contribution is -0.117. The number of aromatic amines is 1. The molecule has 0 bridgehead atoms. The molecule has 6 heteroatoms. The van der Waals surface area contributed by atoms with Gasteiger partial charge in [-0.1, -0.05) is 0 Å². The lowest BCUT2D eigenvalue weighted by atomic mass is 9.98. The maximum atomic E-state index is 12.5. The van der Waals surface area contributed by atoms with Crippen LogP contribution < -0.4 is 14.8 Å². The molecule has 0 aliphatic rings. The molecule has 0 saturated carbocycles. The van der Waals surface area contributed by atoms with Gasteiger partial charge in [0, 0.05) is 35.1 Å². The SMILES string of the molecule is COc1cc(NC(=O)C(C)c2c(C)n[nH]c2C)cc(OC)c1. The van der Waals surface area contributed by atoms with Crippen LogP contribution in [0.3, 0.4) is 0 Å². The van der Waals surface area contributed by atoms with Crippen molar-refractivity contribution in [3.05, 3.63) is 35.2 Å². The van der Waals surface area contributed by atoms with Crippen LogP contribution in [0.4, 0.5) is 5.69 Å². The highest BCUT2D eigenvalue weighted by atomic mass is 16.5. The van der Waals surface area contributed by atoms with Crippen molar-refractivity contribution in [1.82, 2.24) is 10.2 Å². The van der Waals surface area contributed by atoms with E-state index in [0.29, 0.717) is 17.2 Å². The minimum absolute atomic E-state index is 0.108. The van der Waals surface area contributed by atoms with Gasteiger partial charge in [-0.15, -0.1) is 0 Å². The molecular weight excluding hydrogens is 282 g/mol. The van der Waals surface area contributed by atoms with Crippen molar-refractivity contribution in [3.8, 4) is 11.5 Å². The number of nitrogens with zero attached hydrogens (tertiary/aromatic N) is 1. The Hall–Kier alpha value is -2.50. The summed E-state index contributed by atoms with van der Waals surface area (Å²) in [5.74, 6) is 0.829. The van der Waals surface area contributed by atoms with Crippen molar-refractivity contribution in [2.45, 2.75) is 26.7 Å². The summed E-state index contributed by atoms with van der Waals surface area (Å²) in [5, 5.41) is 9.93. The van der Waals surface area contributed by atoms with Crippen LogP contribution in [0, 0.1) is 13.8 Å². The molecule has 2 N–H and O–H groups in total. The number of ether oxygens (including phenoxy) is 2. The fourth-order valence-electron chi connectivity index (χ4n) is 2.46. The van der Waals surface area contributed by atoms with E-state index in [-0.39, 0.29) is 11.8 Å². The zero-order valence-corrected chi connectivity index (χ0v) is 13.5. The molecule has 0 spiro atoms. The highest BCUT2D eigenvalue weighted by molar-refractivity contribution is 5.96. The smallest absolute Gasteiger partial charge is 0.231 e. The molecule has 1 heterocycles. The van der Waals surface area contributed by atoms with Crippen molar-refractivity contribution >= 4 is 11.6 Å². The summed E-state index contributed by atoms with van der Waals surface area (Å²) in [7, 11) is 3.14. The van der Waals surface area contributed by atoms with Gasteiger partial charge in [-0.3, -0.25) is 9.89 Å². The molecule has 0 radical (unpaired) electrons. The van der Waals surface area contributed by atoms with Gasteiger partial charge in [-0.25, -0.2) is 0 Å². The van der Waals surface area contributed by atoms with Crippen molar-refractivity contribution in [2.75, 3.05) is 19.5 Å². The summed E-state index contributed by atoms with van der Waals surface area (Å²) in [6.07, 6.45) is 0. The average molecular weight is 303 g/mol. The van der Waals surface area contributed by atoms with Gasteiger partial charge >= 0.3 is 0 Å². The summed E-state index contributed by atoms with van der Waals surface area (Å²) in [4.78, 5) is 12.5. The number of hydrogen-bond donors (Lipinski definition) is 2. The Kier molecular flexibility index (Phi) is 4.70. The molecular formula is C16H21N3O3. The summed E-state index contributed by atoms with van der Waals surface area (Å²) in [6, 6.07) is 5.26. The summed E-state index contributed by atoms with van der Waals surface area (Å²) < 4.78 is 10.4. The van der Waals surface area contributed by atoms with Crippen LogP contribution in [0.1, 0.15) is 29.8 Å². The van der Waals surface area contributed by atoms with E-state index < -0.39 is 0 Å². The molecule has 2 rings (SSSR count). The largest absolute Gasteiger partial charge is 0.497 e. The number of amides is 1. The monoisotopic (exact) mass is 303 g/mol. The minimum atomic E-state index is -0.309. The number of aromatic nitrogens is 2. The number of benzene rings is 1. The number of carbonyl (C=O) groups excluding carboxylic acids is 1. The second-order valence-corrected chi connectivity index (χ2v) is 5.16. The third-order valence-corrected chi connectivity index (χ3v) is 3.63. The van der Waals surface area contributed by atoms with E-state index in [1.165, 1.54) is 0 Å². The second-order valence-electron chi connectivity index (χ2n) is 5.16. The van der Waals surface area contributed by atoms with E-state index >= 15 is 0 Å². The van der Waals surface area contributed by atoms with E-state index in [1.807, 2.05) is 20.8 Å². The van der Waals surface area contributed by atoms with Gasteiger partial charge in [-0.05, 0) is 20.8 Å². The Bertz CT molecular complexity index is 638. The van der Waals surface area contributed by atoms with E-state index in [4.69, 9.17) is 9.47 Å². The number of nitrogens with one attached hydrogen (secondary N) is 2. The Morgan fingerprint density at radius 2 is 1.77 bits per heavy atom. The average Bonchev–Trinajstić information content (AvgIpc) is 2.84. The molecule has 2 aromatic rings. The standard InChI is InChI=1S/C16H21N3O3/c1-9(15-10(2)18-19-11(15)3)16(20)17-12-6-13(21-4)8-14(7-12)22-5/h6-9H,1-5H3,(H,17,20)(H,18,19). The molecule has 22 heavy (non-hydrogen) atoms.